The minimum Gasteiger partial charge on any atom is -0.361 e. The number of amides is 1. The second kappa shape index (κ2) is 7.40. The quantitative estimate of drug-likeness (QED) is 0.582. The fraction of sp³-hybridized carbons (Fsp3) is 0.269. The fourth-order valence-corrected chi connectivity index (χ4v) is 4.38. The topological polar surface area (TPSA) is 32.3 Å². The maximum Gasteiger partial charge on any atom is 0.255 e. The molecule has 1 aliphatic rings. The molecule has 0 bridgehead atoms. The summed E-state index contributed by atoms with van der Waals surface area (Å²) in [5.41, 5.74) is 5.33. The van der Waals surface area contributed by atoms with Crippen LogP contribution in [0.2, 0.25) is 0 Å². The number of carbonyl (C=O) groups is 1. The van der Waals surface area contributed by atoms with Gasteiger partial charge in [0, 0.05) is 28.4 Å². The molecule has 0 saturated carbocycles. The van der Waals surface area contributed by atoms with Gasteiger partial charge in [-0.3, -0.25) is 4.79 Å². The van der Waals surface area contributed by atoms with Crippen molar-refractivity contribution in [2.24, 2.45) is 0 Å². The maximum atomic E-state index is 12.6. The number of fused-ring (bicyclic) bond motifs is 1. The van der Waals surface area contributed by atoms with E-state index < -0.39 is 0 Å². The highest BCUT2D eigenvalue weighted by Gasteiger charge is 2.43. The van der Waals surface area contributed by atoms with Gasteiger partial charge in [-0.1, -0.05) is 68.4 Å². The summed E-state index contributed by atoms with van der Waals surface area (Å²) in [5.74, 6) is -0.0847. The van der Waals surface area contributed by atoms with Crippen LogP contribution in [0, 0.1) is 0 Å². The Morgan fingerprint density at radius 1 is 0.966 bits per heavy atom. The van der Waals surface area contributed by atoms with Gasteiger partial charge < -0.3 is 10.2 Å². The molecule has 1 amide bonds. The number of benzene rings is 3. The molecule has 0 fully saturated rings. The highest BCUT2D eigenvalue weighted by atomic mass is 16.1. The summed E-state index contributed by atoms with van der Waals surface area (Å²) in [6.07, 6.45) is 0. The van der Waals surface area contributed by atoms with Gasteiger partial charge >= 0.3 is 0 Å². The molecule has 29 heavy (non-hydrogen) atoms. The van der Waals surface area contributed by atoms with Crippen LogP contribution in [-0.4, -0.2) is 11.9 Å². The van der Waals surface area contributed by atoms with E-state index in [2.05, 4.69) is 80.4 Å². The zero-order valence-electron chi connectivity index (χ0n) is 17.5. The summed E-state index contributed by atoms with van der Waals surface area (Å²) < 4.78 is 0. The summed E-state index contributed by atoms with van der Waals surface area (Å²) in [4.78, 5) is 15.1. The minimum absolute atomic E-state index is 0.0281. The van der Waals surface area contributed by atoms with Crippen molar-refractivity contribution in [1.82, 2.24) is 0 Å². The number of nitrogens with one attached hydrogen (secondary N) is 1. The van der Waals surface area contributed by atoms with Crippen LogP contribution in [-0.2, 0) is 5.41 Å². The summed E-state index contributed by atoms with van der Waals surface area (Å²) >= 11 is 0. The van der Waals surface area contributed by atoms with Crippen LogP contribution in [0.15, 0.2) is 78.9 Å². The lowest BCUT2D eigenvalue weighted by Crippen LogP contribution is -2.40. The number of hydrogen-bond donors (Lipinski definition) is 1. The van der Waals surface area contributed by atoms with Gasteiger partial charge in [0.2, 0.25) is 0 Å². The van der Waals surface area contributed by atoms with Crippen molar-refractivity contribution < 1.29 is 4.79 Å². The highest BCUT2D eigenvalue weighted by Crippen LogP contribution is 2.49. The number of hydrogen-bond acceptors (Lipinski definition) is 2. The molecular weight excluding hydrogens is 356 g/mol. The van der Waals surface area contributed by atoms with Gasteiger partial charge in [0.1, 0.15) is 0 Å². The number of carbonyl (C=O) groups excluding carboxylic acids is 1. The van der Waals surface area contributed by atoms with Crippen LogP contribution in [0.25, 0.3) is 0 Å². The van der Waals surface area contributed by atoms with Crippen LogP contribution in [0.1, 0.15) is 55.2 Å². The van der Waals surface area contributed by atoms with Crippen molar-refractivity contribution in [3.05, 3.63) is 95.6 Å². The predicted octanol–water partition coefficient (Wildman–Crippen LogP) is 6.19. The summed E-state index contributed by atoms with van der Waals surface area (Å²) in [6, 6.07) is 26.8. The highest BCUT2D eigenvalue weighted by molar-refractivity contribution is 6.04. The van der Waals surface area contributed by atoms with E-state index >= 15 is 0 Å². The third kappa shape index (κ3) is 3.42. The van der Waals surface area contributed by atoms with E-state index in [-0.39, 0.29) is 17.4 Å². The Morgan fingerprint density at radius 3 is 2.24 bits per heavy atom. The van der Waals surface area contributed by atoms with Crippen molar-refractivity contribution in [2.45, 2.75) is 45.2 Å². The molecule has 3 heteroatoms. The van der Waals surface area contributed by atoms with Crippen molar-refractivity contribution >= 4 is 17.3 Å². The van der Waals surface area contributed by atoms with Gasteiger partial charge in [-0.2, -0.15) is 0 Å². The zero-order chi connectivity index (χ0) is 20.6. The number of anilines is 2. The average molecular weight is 385 g/mol. The molecule has 3 aromatic rings. The SMILES string of the molecule is CC(c1ccccc1)N1c2cc(NC(=O)c3ccccc3)ccc2C(C)(C)C1C. The molecule has 0 radical (unpaired) electrons. The first-order valence-corrected chi connectivity index (χ1v) is 10.2. The largest absolute Gasteiger partial charge is 0.361 e. The van der Waals surface area contributed by atoms with Gasteiger partial charge in [-0.05, 0) is 49.2 Å². The first kappa shape index (κ1) is 19.3. The van der Waals surface area contributed by atoms with Gasteiger partial charge in [0.15, 0.2) is 0 Å². The Labute approximate surface area is 173 Å². The molecule has 4 rings (SSSR count). The Kier molecular flexibility index (Phi) is 4.91. The van der Waals surface area contributed by atoms with Crippen molar-refractivity contribution in [2.75, 3.05) is 10.2 Å². The molecule has 3 nitrogen and oxygen atoms in total. The van der Waals surface area contributed by atoms with Gasteiger partial charge in [0.25, 0.3) is 5.91 Å². The second-order valence-corrected chi connectivity index (χ2v) is 8.44. The monoisotopic (exact) mass is 384 g/mol. The van der Waals surface area contributed by atoms with Crippen molar-refractivity contribution in [1.29, 1.82) is 0 Å². The Morgan fingerprint density at radius 2 is 1.59 bits per heavy atom. The lowest BCUT2D eigenvalue weighted by atomic mass is 9.81. The molecule has 2 atom stereocenters. The summed E-state index contributed by atoms with van der Waals surface area (Å²) in [5, 5.41) is 3.06. The van der Waals surface area contributed by atoms with Crippen LogP contribution >= 0.6 is 0 Å². The zero-order valence-corrected chi connectivity index (χ0v) is 17.5. The molecule has 0 aromatic heterocycles. The normalized spacial score (nSPS) is 18.2. The molecule has 148 valence electrons. The van der Waals surface area contributed by atoms with Crippen LogP contribution in [0.3, 0.4) is 0 Å². The third-order valence-electron chi connectivity index (χ3n) is 6.42. The molecule has 2 unspecified atom stereocenters. The van der Waals surface area contributed by atoms with Gasteiger partial charge in [0.05, 0.1) is 6.04 Å². The summed E-state index contributed by atoms with van der Waals surface area (Å²) in [7, 11) is 0. The molecule has 0 aliphatic carbocycles. The second-order valence-electron chi connectivity index (χ2n) is 8.44. The molecule has 0 saturated heterocycles. The standard InChI is InChI=1S/C26H28N2O/c1-18(20-11-7-5-8-12-20)28-19(2)26(3,4)23-16-15-22(17-24(23)28)27-25(29)21-13-9-6-10-14-21/h5-19H,1-4H3,(H,27,29). The van der Waals surface area contributed by atoms with E-state index in [1.54, 1.807) is 0 Å². The lowest BCUT2D eigenvalue weighted by Gasteiger charge is -2.36. The molecule has 3 aromatic carbocycles. The molecule has 1 heterocycles. The van der Waals surface area contributed by atoms with Crippen molar-refractivity contribution in [3.63, 3.8) is 0 Å². The van der Waals surface area contributed by atoms with Gasteiger partial charge in [-0.15, -0.1) is 0 Å². The number of nitrogens with zero attached hydrogens (tertiary/aromatic N) is 1. The van der Waals surface area contributed by atoms with Crippen LogP contribution in [0.4, 0.5) is 11.4 Å². The summed E-state index contributed by atoms with van der Waals surface area (Å²) in [6.45, 7) is 9.15. The first-order valence-electron chi connectivity index (χ1n) is 10.2. The third-order valence-corrected chi connectivity index (χ3v) is 6.42. The average Bonchev–Trinajstić information content (AvgIpc) is 2.94. The molecule has 1 aliphatic heterocycles. The van der Waals surface area contributed by atoms with E-state index in [9.17, 15) is 4.79 Å². The van der Waals surface area contributed by atoms with Gasteiger partial charge in [-0.25, -0.2) is 0 Å². The Balaban J connectivity index is 1.69. The Bertz CT molecular complexity index is 1010. The molecule has 1 N–H and O–H groups in total. The lowest BCUT2D eigenvalue weighted by molar-refractivity contribution is 0.102. The minimum atomic E-state index is -0.0847. The van der Waals surface area contributed by atoms with E-state index in [0.29, 0.717) is 11.6 Å². The Hall–Kier alpha value is -3.07. The number of rotatable bonds is 4. The van der Waals surface area contributed by atoms with Crippen LogP contribution in [0.5, 0.6) is 0 Å². The van der Waals surface area contributed by atoms with Crippen LogP contribution < -0.4 is 10.2 Å². The van der Waals surface area contributed by atoms with E-state index in [0.717, 1.165) is 5.69 Å². The van der Waals surface area contributed by atoms with Crippen molar-refractivity contribution in [3.8, 4) is 0 Å². The van der Waals surface area contributed by atoms with E-state index in [4.69, 9.17) is 0 Å². The maximum absolute atomic E-state index is 12.6. The fourth-order valence-electron chi connectivity index (χ4n) is 4.38. The molecular formula is C26H28N2O. The smallest absolute Gasteiger partial charge is 0.255 e. The first-order chi connectivity index (χ1) is 13.9. The van der Waals surface area contributed by atoms with E-state index in [1.165, 1.54) is 16.8 Å². The molecule has 0 spiro atoms. The van der Waals surface area contributed by atoms with E-state index in [1.807, 2.05) is 36.4 Å². The predicted molar refractivity (Wildman–Crippen MR) is 121 cm³/mol.